The zero-order valence-electron chi connectivity index (χ0n) is 11.4. The van der Waals surface area contributed by atoms with Crippen molar-refractivity contribution in [3.8, 4) is 5.75 Å². The van der Waals surface area contributed by atoms with Gasteiger partial charge in [0.2, 0.25) is 10.0 Å². The van der Waals surface area contributed by atoms with E-state index in [0.717, 1.165) is 6.07 Å². The second kappa shape index (κ2) is 7.93. The van der Waals surface area contributed by atoms with E-state index in [1.165, 1.54) is 12.1 Å². The highest BCUT2D eigenvalue weighted by Crippen LogP contribution is 2.22. The van der Waals surface area contributed by atoms with Crippen molar-refractivity contribution in [2.45, 2.75) is 4.90 Å². The molecule has 0 aromatic heterocycles. The van der Waals surface area contributed by atoms with Crippen LogP contribution in [0.4, 0.5) is 0 Å². The first kappa shape index (κ1) is 17.4. The van der Waals surface area contributed by atoms with Crippen LogP contribution in [0.1, 0.15) is 10.4 Å². The van der Waals surface area contributed by atoms with Gasteiger partial charge in [0.15, 0.2) is 0 Å². The lowest BCUT2D eigenvalue weighted by Crippen LogP contribution is -2.15. The minimum Gasteiger partial charge on any atom is -0.490 e. The molecule has 118 valence electrons. The number of methoxy groups -OCH3 is 1. The van der Waals surface area contributed by atoms with Crippen molar-refractivity contribution in [3.05, 3.63) is 23.8 Å². The van der Waals surface area contributed by atoms with Gasteiger partial charge in [-0.1, -0.05) is 0 Å². The Morgan fingerprint density at radius 3 is 2.48 bits per heavy atom. The van der Waals surface area contributed by atoms with Gasteiger partial charge >= 0.3 is 5.97 Å². The number of hydrogen-bond acceptors (Lipinski definition) is 6. The lowest BCUT2D eigenvalue weighted by Gasteiger charge is -2.10. The monoisotopic (exact) mass is 319 g/mol. The summed E-state index contributed by atoms with van der Waals surface area (Å²) in [6.07, 6.45) is 0. The van der Waals surface area contributed by atoms with Crippen LogP contribution in [0.5, 0.6) is 5.75 Å². The number of carboxylic acid groups (broad SMARTS) is 1. The Hall–Kier alpha value is -1.68. The molecule has 0 bridgehead atoms. The number of carboxylic acids is 1. The highest BCUT2D eigenvalue weighted by Gasteiger charge is 2.16. The van der Waals surface area contributed by atoms with E-state index in [1.807, 2.05) is 0 Å². The predicted octanol–water partition coefficient (Wildman–Crippen LogP) is 0.0740. The van der Waals surface area contributed by atoms with Crippen LogP contribution in [0.3, 0.4) is 0 Å². The van der Waals surface area contributed by atoms with E-state index in [4.69, 9.17) is 24.5 Å². The molecular weight excluding hydrogens is 302 g/mol. The summed E-state index contributed by atoms with van der Waals surface area (Å²) in [6.45, 7) is 1.22. The molecule has 0 aliphatic heterocycles. The van der Waals surface area contributed by atoms with E-state index in [-0.39, 0.29) is 29.4 Å². The summed E-state index contributed by atoms with van der Waals surface area (Å²) in [6, 6.07) is 3.39. The van der Waals surface area contributed by atoms with E-state index in [1.54, 1.807) is 7.11 Å². The van der Waals surface area contributed by atoms with E-state index >= 15 is 0 Å². The predicted molar refractivity (Wildman–Crippen MR) is 73.0 cm³/mol. The lowest BCUT2D eigenvalue weighted by atomic mass is 10.2. The average Bonchev–Trinajstić information content (AvgIpc) is 2.41. The number of hydrogen-bond donors (Lipinski definition) is 2. The normalized spacial score (nSPS) is 11.3. The van der Waals surface area contributed by atoms with E-state index in [0.29, 0.717) is 13.2 Å². The Labute approximate surface area is 122 Å². The maximum absolute atomic E-state index is 11.2. The molecule has 0 radical (unpaired) electrons. The summed E-state index contributed by atoms with van der Waals surface area (Å²) in [5.41, 5.74) is -0.279. The molecule has 0 aliphatic carbocycles. The maximum atomic E-state index is 11.2. The van der Waals surface area contributed by atoms with E-state index < -0.39 is 16.0 Å². The molecule has 0 saturated heterocycles. The highest BCUT2D eigenvalue weighted by atomic mass is 32.2. The number of sulfonamides is 1. The average molecular weight is 319 g/mol. The van der Waals surface area contributed by atoms with Gasteiger partial charge in [-0.05, 0) is 18.2 Å². The first-order valence-electron chi connectivity index (χ1n) is 5.96. The van der Waals surface area contributed by atoms with Gasteiger partial charge in [0.25, 0.3) is 0 Å². The second-order valence-electron chi connectivity index (χ2n) is 3.96. The number of rotatable bonds is 9. The molecule has 0 spiro atoms. The van der Waals surface area contributed by atoms with Gasteiger partial charge in [0.05, 0.1) is 24.7 Å². The Balaban J connectivity index is 2.72. The molecule has 0 atom stereocenters. The number of primary sulfonamides is 1. The third-order valence-corrected chi connectivity index (χ3v) is 3.34. The summed E-state index contributed by atoms with van der Waals surface area (Å²) in [7, 11) is -2.42. The van der Waals surface area contributed by atoms with Gasteiger partial charge in [-0.2, -0.15) is 0 Å². The van der Waals surface area contributed by atoms with Crippen molar-refractivity contribution in [2.24, 2.45) is 5.14 Å². The Bertz CT molecular complexity index is 585. The molecule has 0 aliphatic rings. The minimum atomic E-state index is -3.97. The smallest absolute Gasteiger partial charge is 0.339 e. The highest BCUT2D eigenvalue weighted by molar-refractivity contribution is 7.89. The molecule has 0 saturated carbocycles. The van der Waals surface area contributed by atoms with Crippen molar-refractivity contribution in [1.82, 2.24) is 0 Å². The molecule has 1 aromatic rings. The molecule has 8 nitrogen and oxygen atoms in total. The van der Waals surface area contributed by atoms with Gasteiger partial charge in [0, 0.05) is 7.11 Å². The topological polar surface area (TPSA) is 125 Å². The molecule has 0 fully saturated rings. The Kier molecular flexibility index (Phi) is 6.56. The number of carbonyl (C=O) groups is 1. The van der Waals surface area contributed by atoms with Crippen molar-refractivity contribution in [3.63, 3.8) is 0 Å². The molecule has 9 heteroatoms. The molecule has 1 rings (SSSR count). The van der Waals surface area contributed by atoms with Crippen LogP contribution >= 0.6 is 0 Å². The largest absolute Gasteiger partial charge is 0.490 e. The maximum Gasteiger partial charge on any atom is 0.339 e. The third kappa shape index (κ3) is 5.68. The number of ether oxygens (including phenoxy) is 3. The summed E-state index contributed by atoms with van der Waals surface area (Å²) in [4.78, 5) is 10.8. The van der Waals surface area contributed by atoms with Crippen molar-refractivity contribution in [2.75, 3.05) is 33.5 Å². The molecule has 21 heavy (non-hydrogen) atoms. The second-order valence-corrected chi connectivity index (χ2v) is 5.52. The van der Waals surface area contributed by atoms with Crippen LogP contribution in [-0.2, 0) is 19.5 Å². The molecule has 0 heterocycles. The zero-order chi connectivity index (χ0) is 15.9. The summed E-state index contributed by atoms with van der Waals surface area (Å²) >= 11 is 0. The van der Waals surface area contributed by atoms with Crippen molar-refractivity contribution in [1.29, 1.82) is 0 Å². The van der Waals surface area contributed by atoms with Crippen LogP contribution in [-0.4, -0.2) is 53.0 Å². The fourth-order valence-corrected chi connectivity index (χ4v) is 1.97. The summed E-state index contributed by atoms with van der Waals surface area (Å²) < 4.78 is 37.6. The molecule has 3 N–H and O–H groups in total. The van der Waals surface area contributed by atoms with Crippen LogP contribution < -0.4 is 9.88 Å². The van der Waals surface area contributed by atoms with Crippen molar-refractivity contribution >= 4 is 16.0 Å². The summed E-state index contributed by atoms with van der Waals surface area (Å²) in [5, 5.41) is 14.0. The van der Waals surface area contributed by atoms with Crippen LogP contribution in [0.15, 0.2) is 23.1 Å². The fraction of sp³-hybridized carbons (Fsp3) is 0.417. The molecular formula is C12H17NO7S. The zero-order valence-corrected chi connectivity index (χ0v) is 12.3. The quantitative estimate of drug-likeness (QED) is 0.617. The van der Waals surface area contributed by atoms with Crippen LogP contribution in [0.2, 0.25) is 0 Å². The molecule has 1 aromatic carbocycles. The molecule has 0 amide bonds. The Morgan fingerprint density at radius 1 is 1.24 bits per heavy atom. The Morgan fingerprint density at radius 2 is 1.90 bits per heavy atom. The van der Waals surface area contributed by atoms with Gasteiger partial charge in [0.1, 0.15) is 17.9 Å². The van der Waals surface area contributed by atoms with Crippen molar-refractivity contribution < 1.29 is 32.5 Å². The van der Waals surface area contributed by atoms with E-state index in [2.05, 4.69) is 0 Å². The SMILES string of the molecule is COCCOCCOc1ccc(S(N)(=O)=O)cc1C(=O)O. The standard InChI is InChI=1S/C12H17NO7S/c1-18-4-5-19-6-7-20-11-3-2-9(21(13,16)17)8-10(11)12(14)15/h2-3,8H,4-7H2,1H3,(H,14,15)(H2,13,16,17). The lowest BCUT2D eigenvalue weighted by molar-refractivity contribution is 0.0535. The van der Waals surface area contributed by atoms with Crippen LogP contribution in [0, 0.1) is 0 Å². The van der Waals surface area contributed by atoms with Gasteiger partial charge < -0.3 is 19.3 Å². The minimum absolute atomic E-state index is 0.0465. The van der Waals surface area contributed by atoms with E-state index in [9.17, 15) is 13.2 Å². The molecule has 0 unspecified atom stereocenters. The third-order valence-electron chi connectivity index (χ3n) is 2.43. The van der Waals surface area contributed by atoms with Crippen LogP contribution in [0.25, 0.3) is 0 Å². The fourth-order valence-electron chi connectivity index (χ4n) is 1.43. The first-order chi connectivity index (χ1) is 9.86. The summed E-state index contributed by atoms with van der Waals surface area (Å²) in [5.74, 6) is -1.26. The first-order valence-corrected chi connectivity index (χ1v) is 7.50. The van der Waals surface area contributed by atoms with Gasteiger partial charge in [-0.15, -0.1) is 0 Å². The number of nitrogens with two attached hydrogens (primary N) is 1. The number of aromatic carboxylic acids is 1. The van der Waals surface area contributed by atoms with Gasteiger partial charge in [-0.3, -0.25) is 0 Å². The number of benzene rings is 1. The van der Waals surface area contributed by atoms with Gasteiger partial charge in [-0.25, -0.2) is 18.4 Å².